The highest BCUT2D eigenvalue weighted by molar-refractivity contribution is 6.30. The molecule has 2 nitrogen and oxygen atoms in total. The van der Waals surface area contributed by atoms with Gasteiger partial charge in [-0.1, -0.05) is 30.7 Å². The second-order valence-electron chi connectivity index (χ2n) is 6.33. The summed E-state index contributed by atoms with van der Waals surface area (Å²) in [6.45, 7) is 8.16. The lowest BCUT2D eigenvalue weighted by atomic mass is 9.88. The first-order chi connectivity index (χ1) is 8.98. The van der Waals surface area contributed by atoms with Gasteiger partial charge in [0.05, 0.1) is 0 Å². The topological polar surface area (TPSA) is 15.3 Å². The van der Waals surface area contributed by atoms with E-state index in [1.165, 1.54) is 12.0 Å². The Kier molecular flexibility index (Phi) is 6.80. The maximum Gasteiger partial charge on any atom is 0.0406 e. The van der Waals surface area contributed by atoms with Crippen LogP contribution in [0.2, 0.25) is 5.02 Å². The third-order valence-electron chi connectivity index (χ3n) is 4.29. The maximum absolute atomic E-state index is 5.93. The number of hydrogen-bond donors (Lipinski definition) is 1. The summed E-state index contributed by atoms with van der Waals surface area (Å²) in [5.74, 6) is 0. The Morgan fingerprint density at radius 2 is 2.00 bits per heavy atom. The van der Waals surface area contributed by atoms with E-state index >= 15 is 0 Å². The summed E-state index contributed by atoms with van der Waals surface area (Å²) in [6.07, 6.45) is 2.36. The molecular formula is C16H26Cl2N2. The van der Waals surface area contributed by atoms with Crippen molar-refractivity contribution in [3.8, 4) is 0 Å². The lowest BCUT2D eigenvalue weighted by Crippen LogP contribution is -2.40. The predicted molar refractivity (Wildman–Crippen MR) is 90.1 cm³/mol. The highest BCUT2D eigenvalue weighted by Gasteiger charge is 2.30. The minimum absolute atomic E-state index is 0. The molecule has 2 rings (SSSR count). The molecule has 114 valence electrons. The summed E-state index contributed by atoms with van der Waals surface area (Å²) in [4.78, 5) is 2.49. The number of rotatable bonds is 5. The first kappa shape index (κ1) is 17.8. The molecule has 0 aliphatic carbocycles. The van der Waals surface area contributed by atoms with Crippen LogP contribution in [-0.4, -0.2) is 37.6 Å². The molecular weight excluding hydrogens is 291 g/mol. The molecule has 0 saturated carbocycles. The number of nitrogens with one attached hydrogen (secondary N) is 1. The van der Waals surface area contributed by atoms with E-state index in [2.05, 4.69) is 43.2 Å². The molecule has 4 heteroatoms. The molecule has 0 spiro atoms. The second-order valence-corrected chi connectivity index (χ2v) is 6.77. The van der Waals surface area contributed by atoms with E-state index in [9.17, 15) is 0 Å². The molecule has 0 amide bonds. The molecule has 2 atom stereocenters. The van der Waals surface area contributed by atoms with Gasteiger partial charge in [0.1, 0.15) is 0 Å². The third kappa shape index (κ3) is 4.92. The lowest BCUT2D eigenvalue weighted by Gasteiger charge is -2.33. The van der Waals surface area contributed by atoms with Gasteiger partial charge in [0.2, 0.25) is 0 Å². The molecule has 1 aliphatic rings. The van der Waals surface area contributed by atoms with Crippen molar-refractivity contribution in [2.24, 2.45) is 5.41 Å². The maximum atomic E-state index is 5.93. The van der Waals surface area contributed by atoms with Crippen LogP contribution < -0.4 is 5.32 Å². The van der Waals surface area contributed by atoms with E-state index < -0.39 is 0 Å². The molecule has 1 aromatic rings. The monoisotopic (exact) mass is 316 g/mol. The molecule has 1 saturated heterocycles. The minimum atomic E-state index is 0. The van der Waals surface area contributed by atoms with Crippen molar-refractivity contribution >= 4 is 24.0 Å². The van der Waals surface area contributed by atoms with E-state index in [4.69, 9.17) is 11.6 Å². The van der Waals surface area contributed by atoms with Crippen LogP contribution in [0.3, 0.4) is 0 Å². The molecule has 1 aromatic carbocycles. The van der Waals surface area contributed by atoms with E-state index in [0.29, 0.717) is 11.5 Å². The minimum Gasteiger partial charge on any atom is -0.316 e. The number of hydrogen-bond acceptors (Lipinski definition) is 2. The quantitative estimate of drug-likeness (QED) is 0.892. The van der Waals surface area contributed by atoms with Gasteiger partial charge in [-0.15, -0.1) is 12.4 Å². The van der Waals surface area contributed by atoms with E-state index in [1.54, 1.807) is 0 Å². The summed E-state index contributed by atoms with van der Waals surface area (Å²) < 4.78 is 0. The first-order valence-electron chi connectivity index (χ1n) is 7.14. The number of likely N-dealkylation sites (N-methyl/N-ethyl adjacent to an activating group) is 1. The van der Waals surface area contributed by atoms with Crippen molar-refractivity contribution in [3.63, 3.8) is 0 Å². The SMILES string of the molecule is CC(Cc1ccc(Cl)cc1)N(C)CC1(C)CCNC1.Cl. The van der Waals surface area contributed by atoms with E-state index in [1.807, 2.05) is 12.1 Å². The number of benzene rings is 1. The number of halogens is 2. The molecule has 1 fully saturated rings. The Bertz CT molecular complexity index is 399. The van der Waals surface area contributed by atoms with Crippen LogP contribution in [0.15, 0.2) is 24.3 Å². The summed E-state index contributed by atoms with van der Waals surface area (Å²) in [5, 5.41) is 4.29. The first-order valence-corrected chi connectivity index (χ1v) is 7.52. The lowest BCUT2D eigenvalue weighted by molar-refractivity contribution is 0.168. The Labute approximate surface area is 134 Å². The van der Waals surface area contributed by atoms with Crippen molar-refractivity contribution in [1.82, 2.24) is 10.2 Å². The van der Waals surface area contributed by atoms with Crippen LogP contribution in [0.1, 0.15) is 25.8 Å². The summed E-state index contributed by atoms with van der Waals surface area (Å²) in [7, 11) is 2.24. The molecule has 1 N–H and O–H groups in total. The fourth-order valence-corrected chi connectivity index (χ4v) is 3.01. The van der Waals surface area contributed by atoms with Crippen LogP contribution in [0.5, 0.6) is 0 Å². The summed E-state index contributed by atoms with van der Waals surface area (Å²) in [5.41, 5.74) is 1.79. The van der Waals surface area contributed by atoms with Crippen LogP contribution >= 0.6 is 24.0 Å². The van der Waals surface area contributed by atoms with Crippen LogP contribution in [0.4, 0.5) is 0 Å². The van der Waals surface area contributed by atoms with Gasteiger partial charge in [-0.25, -0.2) is 0 Å². The predicted octanol–water partition coefficient (Wildman–Crippen LogP) is 3.62. The van der Waals surface area contributed by atoms with Crippen molar-refractivity contribution in [1.29, 1.82) is 0 Å². The molecule has 0 bridgehead atoms. The van der Waals surface area contributed by atoms with Gasteiger partial charge in [0.25, 0.3) is 0 Å². The van der Waals surface area contributed by atoms with Gasteiger partial charge in [-0.05, 0) is 56.5 Å². The van der Waals surface area contributed by atoms with Crippen molar-refractivity contribution < 1.29 is 0 Å². The smallest absolute Gasteiger partial charge is 0.0406 e. The standard InChI is InChI=1S/C16H25ClN2.ClH/c1-13(10-14-4-6-15(17)7-5-14)19(3)12-16(2)8-9-18-11-16;/h4-7,13,18H,8-12H2,1-3H3;1H. The van der Waals surface area contributed by atoms with Crippen LogP contribution in [0.25, 0.3) is 0 Å². The third-order valence-corrected chi connectivity index (χ3v) is 4.54. The zero-order chi connectivity index (χ0) is 13.9. The van der Waals surface area contributed by atoms with Crippen molar-refractivity contribution in [3.05, 3.63) is 34.9 Å². The van der Waals surface area contributed by atoms with Crippen LogP contribution in [0, 0.1) is 5.41 Å². The summed E-state index contributed by atoms with van der Waals surface area (Å²) in [6, 6.07) is 8.77. The Hall–Kier alpha value is -0.280. The highest BCUT2D eigenvalue weighted by atomic mass is 35.5. The molecule has 20 heavy (non-hydrogen) atoms. The van der Waals surface area contributed by atoms with Gasteiger partial charge in [-0.3, -0.25) is 0 Å². The number of nitrogens with zero attached hydrogens (tertiary/aromatic N) is 1. The fourth-order valence-electron chi connectivity index (χ4n) is 2.88. The highest BCUT2D eigenvalue weighted by Crippen LogP contribution is 2.26. The Balaban J connectivity index is 0.00000200. The zero-order valence-electron chi connectivity index (χ0n) is 12.7. The van der Waals surface area contributed by atoms with Crippen LogP contribution in [-0.2, 0) is 6.42 Å². The molecule has 1 aliphatic heterocycles. The zero-order valence-corrected chi connectivity index (χ0v) is 14.2. The second kappa shape index (κ2) is 7.65. The average Bonchev–Trinajstić information content (AvgIpc) is 2.78. The molecule has 0 aromatic heterocycles. The molecule has 2 unspecified atom stereocenters. The Morgan fingerprint density at radius 3 is 2.55 bits per heavy atom. The summed E-state index contributed by atoms with van der Waals surface area (Å²) >= 11 is 5.93. The van der Waals surface area contributed by atoms with E-state index in [-0.39, 0.29) is 12.4 Å². The molecule has 1 heterocycles. The van der Waals surface area contributed by atoms with Gasteiger partial charge in [0, 0.05) is 24.2 Å². The van der Waals surface area contributed by atoms with Gasteiger partial charge >= 0.3 is 0 Å². The van der Waals surface area contributed by atoms with Crippen molar-refractivity contribution in [2.45, 2.75) is 32.7 Å². The Morgan fingerprint density at radius 1 is 1.35 bits per heavy atom. The van der Waals surface area contributed by atoms with E-state index in [0.717, 1.165) is 31.1 Å². The van der Waals surface area contributed by atoms with Gasteiger partial charge in [-0.2, -0.15) is 0 Å². The average molecular weight is 317 g/mol. The largest absolute Gasteiger partial charge is 0.316 e. The van der Waals surface area contributed by atoms with Crippen molar-refractivity contribution in [2.75, 3.05) is 26.7 Å². The normalized spacial score (nSPS) is 23.6. The molecule has 0 radical (unpaired) electrons. The fraction of sp³-hybridized carbons (Fsp3) is 0.625. The van der Waals surface area contributed by atoms with Gasteiger partial charge in [0.15, 0.2) is 0 Å². The van der Waals surface area contributed by atoms with Gasteiger partial charge < -0.3 is 10.2 Å².